The number of carboxylic acid groups (broad SMARTS) is 1. The van der Waals surface area contributed by atoms with Gasteiger partial charge in [0.05, 0.1) is 19.0 Å². The van der Waals surface area contributed by atoms with Gasteiger partial charge >= 0.3 is 6.16 Å². The summed E-state index contributed by atoms with van der Waals surface area (Å²) in [5.41, 5.74) is 0. The molecule has 2 aliphatic rings. The molecule has 1 amide bonds. The van der Waals surface area contributed by atoms with Crippen molar-refractivity contribution < 1.29 is 19.4 Å². The molecule has 6 nitrogen and oxygen atoms in total. The Balaban J connectivity index is 1.82. The fourth-order valence-electron chi connectivity index (χ4n) is 3.59. The highest BCUT2D eigenvalue weighted by Crippen LogP contribution is 2.26. The van der Waals surface area contributed by atoms with E-state index in [9.17, 15) is 9.59 Å². The van der Waals surface area contributed by atoms with Crippen LogP contribution in [0.3, 0.4) is 0 Å². The largest absolute Gasteiger partial charge is 0.506 e. The number of carbonyl (C=O) groups is 2. The van der Waals surface area contributed by atoms with E-state index in [0.29, 0.717) is 25.9 Å². The summed E-state index contributed by atoms with van der Waals surface area (Å²) in [5.74, 6) is 5.87. The molecule has 2 atom stereocenters. The number of hydrogen-bond acceptors (Lipinski definition) is 4. The molecule has 2 aliphatic heterocycles. The van der Waals surface area contributed by atoms with Crippen molar-refractivity contribution in [2.24, 2.45) is 5.92 Å². The van der Waals surface area contributed by atoms with Crippen molar-refractivity contribution in [1.82, 2.24) is 9.80 Å². The third-order valence-corrected chi connectivity index (χ3v) is 5.03. The van der Waals surface area contributed by atoms with Crippen molar-refractivity contribution in [3.63, 3.8) is 0 Å². The van der Waals surface area contributed by atoms with Crippen LogP contribution in [-0.4, -0.2) is 65.8 Å². The summed E-state index contributed by atoms with van der Waals surface area (Å²) in [5, 5.41) is 8.96. The summed E-state index contributed by atoms with van der Waals surface area (Å²) in [4.78, 5) is 27.6. The molecule has 0 bridgehead atoms. The van der Waals surface area contributed by atoms with Crippen LogP contribution in [0, 0.1) is 17.8 Å². The van der Waals surface area contributed by atoms with Gasteiger partial charge in [-0.2, -0.15) is 0 Å². The van der Waals surface area contributed by atoms with Crippen LogP contribution in [0.4, 0.5) is 4.79 Å². The number of unbranched alkanes of at least 4 members (excludes halogenated alkanes) is 2. The van der Waals surface area contributed by atoms with E-state index >= 15 is 0 Å². The highest BCUT2D eigenvalue weighted by molar-refractivity contribution is 5.82. The SMILES string of the molecule is CCCCCC(OC(=O)O)[C@H]1CCN(CC#CCN2CCCC2)C1=O. The van der Waals surface area contributed by atoms with Gasteiger partial charge in [0.1, 0.15) is 6.10 Å². The molecule has 0 aliphatic carbocycles. The zero-order valence-corrected chi connectivity index (χ0v) is 15.2. The summed E-state index contributed by atoms with van der Waals surface area (Å²) in [7, 11) is 0. The van der Waals surface area contributed by atoms with Crippen LogP contribution < -0.4 is 0 Å². The van der Waals surface area contributed by atoms with E-state index in [1.165, 1.54) is 12.8 Å². The number of hydrogen-bond donors (Lipinski definition) is 1. The molecule has 0 aromatic heterocycles. The zero-order chi connectivity index (χ0) is 18.1. The molecule has 6 heteroatoms. The standard InChI is InChI=1S/C19H30N2O4/c1-2-3-4-9-17(25-19(23)24)16-10-15-21(18(16)22)14-8-7-13-20-11-5-6-12-20/h16-17H,2-6,9-15H2,1H3,(H,23,24)/t16-,17?/m1/s1. The number of ether oxygens (including phenoxy) is 1. The molecule has 0 spiro atoms. The van der Waals surface area contributed by atoms with Crippen molar-refractivity contribution in [3.8, 4) is 11.8 Å². The van der Waals surface area contributed by atoms with E-state index in [0.717, 1.165) is 38.9 Å². The third kappa shape index (κ3) is 6.24. The second-order valence-electron chi connectivity index (χ2n) is 6.91. The highest BCUT2D eigenvalue weighted by Gasteiger charge is 2.38. The van der Waals surface area contributed by atoms with E-state index in [4.69, 9.17) is 9.84 Å². The third-order valence-electron chi connectivity index (χ3n) is 5.03. The summed E-state index contributed by atoms with van der Waals surface area (Å²) in [6, 6.07) is 0. The maximum Gasteiger partial charge on any atom is 0.506 e. The minimum atomic E-state index is -1.29. The molecule has 2 fully saturated rings. The maximum atomic E-state index is 12.6. The van der Waals surface area contributed by atoms with Crippen LogP contribution in [0.25, 0.3) is 0 Å². The molecule has 0 aromatic rings. The van der Waals surface area contributed by atoms with Gasteiger partial charge in [0.25, 0.3) is 0 Å². The second kappa shape index (κ2) is 10.3. The molecule has 2 rings (SSSR count). The van der Waals surface area contributed by atoms with Gasteiger partial charge < -0.3 is 14.7 Å². The van der Waals surface area contributed by atoms with Gasteiger partial charge in [-0.1, -0.05) is 31.6 Å². The van der Waals surface area contributed by atoms with E-state index < -0.39 is 12.3 Å². The maximum absolute atomic E-state index is 12.6. The minimum Gasteiger partial charge on any atom is -0.450 e. The number of likely N-dealkylation sites (tertiary alicyclic amines) is 2. The monoisotopic (exact) mass is 350 g/mol. The topological polar surface area (TPSA) is 70.1 Å². The molecule has 2 heterocycles. The molecule has 1 unspecified atom stereocenters. The van der Waals surface area contributed by atoms with E-state index in [2.05, 4.69) is 23.7 Å². The Hall–Kier alpha value is -1.74. The predicted molar refractivity (Wildman–Crippen MR) is 95.2 cm³/mol. The number of amides is 1. The lowest BCUT2D eigenvalue weighted by molar-refractivity contribution is -0.133. The van der Waals surface area contributed by atoms with Crippen molar-refractivity contribution in [1.29, 1.82) is 0 Å². The molecule has 0 aromatic carbocycles. The fraction of sp³-hybridized carbons (Fsp3) is 0.789. The zero-order valence-electron chi connectivity index (χ0n) is 15.2. The first-order valence-corrected chi connectivity index (χ1v) is 9.48. The van der Waals surface area contributed by atoms with Gasteiger partial charge in [-0.05, 0) is 45.2 Å². The average Bonchev–Trinajstić information content (AvgIpc) is 3.21. The molecule has 1 N–H and O–H groups in total. The van der Waals surface area contributed by atoms with Crippen LogP contribution in [0.2, 0.25) is 0 Å². The number of carbonyl (C=O) groups excluding carboxylic acids is 1. The number of rotatable bonds is 8. The Morgan fingerprint density at radius 3 is 2.64 bits per heavy atom. The van der Waals surface area contributed by atoms with E-state index in [1.54, 1.807) is 4.90 Å². The second-order valence-corrected chi connectivity index (χ2v) is 6.91. The minimum absolute atomic E-state index is 0.0155. The molecule has 0 saturated carbocycles. The molecular formula is C19H30N2O4. The highest BCUT2D eigenvalue weighted by atomic mass is 16.7. The van der Waals surface area contributed by atoms with Crippen LogP contribution in [0.5, 0.6) is 0 Å². The van der Waals surface area contributed by atoms with E-state index in [1.807, 2.05) is 0 Å². The fourth-order valence-corrected chi connectivity index (χ4v) is 3.59. The van der Waals surface area contributed by atoms with Gasteiger partial charge in [-0.15, -0.1) is 0 Å². The van der Waals surface area contributed by atoms with Crippen LogP contribution in [0.15, 0.2) is 0 Å². The summed E-state index contributed by atoms with van der Waals surface area (Å²) in [6.45, 7) is 6.16. The molecule has 140 valence electrons. The Labute approximate surface area is 150 Å². The summed E-state index contributed by atoms with van der Waals surface area (Å²) >= 11 is 0. The first-order valence-electron chi connectivity index (χ1n) is 9.48. The molecule has 25 heavy (non-hydrogen) atoms. The van der Waals surface area contributed by atoms with Crippen molar-refractivity contribution in [3.05, 3.63) is 0 Å². The van der Waals surface area contributed by atoms with Gasteiger partial charge in [0.15, 0.2) is 0 Å². The normalized spacial score (nSPS) is 21.9. The lowest BCUT2D eigenvalue weighted by Gasteiger charge is -2.21. The summed E-state index contributed by atoms with van der Waals surface area (Å²) in [6.07, 6.45) is 4.89. The number of nitrogens with zero attached hydrogens (tertiary/aromatic N) is 2. The Morgan fingerprint density at radius 1 is 1.24 bits per heavy atom. The van der Waals surface area contributed by atoms with Gasteiger partial charge in [0.2, 0.25) is 5.91 Å². The van der Waals surface area contributed by atoms with Crippen LogP contribution in [0.1, 0.15) is 51.9 Å². The lowest BCUT2D eigenvalue weighted by atomic mass is 9.96. The summed E-state index contributed by atoms with van der Waals surface area (Å²) < 4.78 is 5.02. The molecular weight excluding hydrogens is 320 g/mol. The molecule has 0 radical (unpaired) electrons. The van der Waals surface area contributed by atoms with Crippen LogP contribution >= 0.6 is 0 Å². The van der Waals surface area contributed by atoms with Crippen LogP contribution in [-0.2, 0) is 9.53 Å². The smallest absolute Gasteiger partial charge is 0.450 e. The Kier molecular flexibility index (Phi) is 8.07. The van der Waals surface area contributed by atoms with Crippen molar-refractivity contribution in [2.45, 2.75) is 58.0 Å². The van der Waals surface area contributed by atoms with Crippen molar-refractivity contribution in [2.75, 3.05) is 32.7 Å². The van der Waals surface area contributed by atoms with Gasteiger partial charge in [-0.25, -0.2) is 4.79 Å². The first-order chi connectivity index (χ1) is 12.1. The Morgan fingerprint density at radius 2 is 1.96 bits per heavy atom. The van der Waals surface area contributed by atoms with E-state index in [-0.39, 0.29) is 11.8 Å². The predicted octanol–water partition coefficient (Wildman–Crippen LogP) is 2.58. The average molecular weight is 350 g/mol. The lowest BCUT2D eigenvalue weighted by Crippen LogP contribution is -2.35. The molecule has 2 saturated heterocycles. The Bertz CT molecular complexity index is 505. The first kappa shape index (κ1) is 19.6. The van der Waals surface area contributed by atoms with Crippen molar-refractivity contribution >= 4 is 12.1 Å². The van der Waals surface area contributed by atoms with Gasteiger partial charge in [-0.3, -0.25) is 9.69 Å². The quantitative estimate of drug-likeness (QED) is 0.414. The van der Waals surface area contributed by atoms with Gasteiger partial charge in [0, 0.05) is 6.54 Å².